The molecule has 0 bridgehead atoms. The quantitative estimate of drug-likeness (QED) is 0.895. The summed E-state index contributed by atoms with van der Waals surface area (Å²) in [6.45, 7) is 5.86. The molecule has 2 atom stereocenters. The highest BCUT2D eigenvalue weighted by atomic mass is 16.2. The molecule has 0 spiro atoms. The largest absolute Gasteiger partial charge is 0.342 e. The molecule has 3 rings (SSSR count). The highest BCUT2D eigenvalue weighted by Crippen LogP contribution is 2.29. The van der Waals surface area contributed by atoms with Crippen LogP contribution in [-0.2, 0) is 4.79 Å². The van der Waals surface area contributed by atoms with Crippen molar-refractivity contribution in [1.82, 2.24) is 10.2 Å². The van der Waals surface area contributed by atoms with Crippen molar-refractivity contribution >= 4 is 5.91 Å². The van der Waals surface area contributed by atoms with Gasteiger partial charge in [0.15, 0.2) is 0 Å². The Kier molecular flexibility index (Phi) is 4.06. The number of hydrogen-bond acceptors (Lipinski definition) is 2. The van der Waals surface area contributed by atoms with E-state index >= 15 is 0 Å². The van der Waals surface area contributed by atoms with Crippen LogP contribution in [0.15, 0.2) is 30.3 Å². The van der Waals surface area contributed by atoms with Gasteiger partial charge < -0.3 is 10.2 Å². The molecule has 108 valence electrons. The molecule has 3 heteroatoms. The van der Waals surface area contributed by atoms with E-state index in [0.29, 0.717) is 17.7 Å². The van der Waals surface area contributed by atoms with Crippen LogP contribution < -0.4 is 5.32 Å². The third kappa shape index (κ3) is 2.73. The fraction of sp³-hybridized carbons (Fsp3) is 0.588. The topological polar surface area (TPSA) is 32.3 Å². The van der Waals surface area contributed by atoms with Crippen LogP contribution in [0.5, 0.6) is 0 Å². The molecule has 0 saturated carbocycles. The lowest BCUT2D eigenvalue weighted by atomic mass is 9.88. The van der Waals surface area contributed by atoms with E-state index in [1.807, 2.05) is 0 Å². The van der Waals surface area contributed by atoms with Crippen molar-refractivity contribution in [3.8, 4) is 0 Å². The summed E-state index contributed by atoms with van der Waals surface area (Å²) < 4.78 is 0. The first-order chi connectivity index (χ1) is 9.75. The first-order valence-corrected chi connectivity index (χ1v) is 7.80. The van der Waals surface area contributed by atoms with Gasteiger partial charge in [0.25, 0.3) is 0 Å². The van der Waals surface area contributed by atoms with Gasteiger partial charge in [0.1, 0.15) is 0 Å². The smallest absolute Gasteiger partial charge is 0.227 e. The van der Waals surface area contributed by atoms with Crippen LogP contribution in [0.3, 0.4) is 0 Å². The lowest BCUT2D eigenvalue weighted by Gasteiger charge is -2.34. The van der Waals surface area contributed by atoms with E-state index in [2.05, 4.69) is 47.5 Å². The Morgan fingerprint density at radius 3 is 2.45 bits per heavy atom. The van der Waals surface area contributed by atoms with E-state index in [1.165, 1.54) is 5.56 Å². The Balaban J connectivity index is 1.57. The zero-order valence-corrected chi connectivity index (χ0v) is 12.2. The molecule has 1 N–H and O–H groups in total. The maximum absolute atomic E-state index is 12.5. The molecule has 2 aliphatic heterocycles. The molecular weight excluding hydrogens is 248 g/mol. The maximum Gasteiger partial charge on any atom is 0.227 e. The Hall–Kier alpha value is -1.35. The number of nitrogens with zero attached hydrogens (tertiary/aromatic N) is 1. The zero-order valence-electron chi connectivity index (χ0n) is 12.2. The molecule has 0 aromatic heterocycles. The van der Waals surface area contributed by atoms with Crippen molar-refractivity contribution in [3.05, 3.63) is 35.9 Å². The summed E-state index contributed by atoms with van der Waals surface area (Å²) in [6, 6.07) is 10.7. The number of hydrogen-bond donors (Lipinski definition) is 1. The van der Waals surface area contributed by atoms with Crippen molar-refractivity contribution in [1.29, 1.82) is 0 Å². The van der Waals surface area contributed by atoms with E-state index in [9.17, 15) is 4.79 Å². The molecule has 20 heavy (non-hydrogen) atoms. The van der Waals surface area contributed by atoms with Crippen LogP contribution in [-0.4, -0.2) is 37.0 Å². The first kappa shape index (κ1) is 13.6. The van der Waals surface area contributed by atoms with E-state index < -0.39 is 0 Å². The highest BCUT2D eigenvalue weighted by molar-refractivity contribution is 5.79. The van der Waals surface area contributed by atoms with E-state index in [1.54, 1.807) is 0 Å². The summed E-state index contributed by atoms with van der Waals surface area (Å²) in [4.78, 5) is 14.6. The Morgan fingerprint density at radius 2 is 1.85 bits per heavy atom. The normalized spacial score (nSPS) is 27.8. The van der Waals surface area contributed by atoms with Crippen molar-refractivity contribution in [2.45, 2.75) is 25.7 Å². The number of likely N-dealkylation sites (tertiary alicyclic amines) is 1. The van der Waals surface area contributed by atoms with Crippen LogP contribution in [0.1, 0.15) is 31.2 Å². The second-order valence-electron chi connectivity index (χ2n) is 6.25. The third-order valence-corrected chi connectivity index (χ3v) is 4.91. The van der Waals surface area contributed by atoms with E-state index in [-0.39, 0.29) is 5.92 Å². The van der Waals surface area contributed by atoms with Crippen molar-refractivity contribution < 1.29 is 4.79 Å². The van der Waals surface area contributed by atoms with Crippen LogP contribution >= 0.6 is 0 Å². The monoisotopic (exact) mass is 272 g/mol. The lowest BCUT2D eigenvalue weighted by Crippen LogP contribution is -2.43. The second kappa shape index (κ2) is 5.96. The van der Waals surface area contributed by atoms with Gasteiger partial charge in [-0.1, -0.05) is 37.3 Å². The average molecular weight is 272 g/mol. The number of carbonyl (C=O) groups excluding carboxylic acids is 1. The molecule has 2 heterocycles. The summed E-state index contributed by atoms with van der Waals surface area (Å²) in [7, 11) is 0. The number of piperidine rings is 1. The summed E-state index contributed by atoms with van der Waals surface area (Å²) in [5, 5.41) is 3.33. The zero-order chi connectivity index (χ0) is 13.9. The molecule has 2 saturated heterocycles. The minimum atomic E-state index is 0.197. The molecule has 2 fully saturated rings. The molecule has 0 radical (unpaired) electrons. The van der Waals surface area contributed by atoms with Gasteiger partial charge in [-0.3, -0.25) is 4.79 Å². The van der Waals surface area contributed by atoms with Gasteiger partial charge in [-0.25, -0.2) is 0 Å². The standard InChI is InChI=1S/C17H24N2O/c1-13-11-18-12-16(13)17(20)19-9-7-15(8-10-19)14-5-3-2-4-6-14/h2-6,13,15-16,18H,7-12H2,1H3/t13-,16-/m1/s1. The van der Waals surface area contributed by atoms with Crippen LogP contribution in [0.4, 0.5) is 0 Å². The molecule has 0 unspecified atom stereocenters. The van der Waals surface area contributed by atoms with E-state index in [4.69, 9.17) is 0 Å². The number of carbonyl (C=O) groups is 1. The van der Waals surface area contributed by atoms with Gasteiger partial charge in [-0.05, 0) is 36.8 Å². The molecule has 1 amide bonds. The molecule has 1 aromatic rings. The van der Waals surface area contributed by atoms with Crippen LogP contribution in [0, 0.1) is 11.8 Å². The fourth-order valence-corrected chi connectivity index (χ4v) is 3.53. The summed E-state index contributed by atoms with van der Waals surface area (Å²) in [6.07, 6.45) is 2.20. The average Bonchev–Trinajstić information content (AvgIpc) is 2.94. The Labute approximate surface area is 121 Å². The molecule has 3 nitrogen and oxygen atoms in total. The van der Waals surface area contributed by atoms with Crippen molar-refractivity contribution in [2.24, 2.45) is 11.8 Å². The lowest BCUT2D eigenvalue weighted by molar-refractivity contribution is -0.137. The Bertz CT molecular complexity index is 451. The van der Waals surface area contributed by atoms with Gasteiger partial charge in [-0.2, -0.15) is 0 Å². The summed E-state index contributed by atoms with van der Waals surface area (Å²) in [5.74, 6) is 1.67. The molecule has 0 aliphatic carbocycles. The van der Waals surface area contributed by atoms with Gasteiger partial charge in [-0.15, -0.1) is 0 Å². The van der Waals surface area contributed by atoms with Gasteiger partial charge in [0, 0.05) is 19.6 Å². The fourth-order valence-electron chi connectivity index (χ4n) is 3.53. The van der Waals surface area contributed by atoms with E-state index in [0.717, 1.165) is 39.0 Å². The molecule has 1 aromatic carbocycles. The summed E-state index contributed by atoms with van der Waals surface area (Å²) in [5.41, 5.74) is 1.43. The maximum atomic E-state index is 12.5. The second-order valence-corrected chi connectivity index (χ2v) is 6.25. The SMILES string of the molecule is C[C@@H]1CNC[C@H]1C(=O)N1CCC(c2ccccc2)CC1. The number of amides is 1. The molecule has 2 aliphatic rings. The number of nitrogens with one attached hydrogen (secondary N) is 1. The van der Waals surface area contributed by atoms with Crippen LogP contribution in [0.25, 0.3) is 0 Å². The minimum Gasteiger partial charge on any atom is -0.342 e. The predicted octanol–water partition coefficient (Wildman–Crippen LogP) is 2.25. The first-order valence-electron chi connectivity index (χ1n) is 7.80. The number of rotatable bonds is 2. The van der Waals surface area contributed by atoms with Gasteiger partial charge >= 0.3 is 0 Å². The Morgan fingerprint density at radius 1 is 1.15 bits per heavy atom. The van der Waals surface area contributed by atoms with Gasteiger partial charge in [0.05, 0.1) is 5.92 Å². The predicted molar refractivity (Wildman–Crippen MR) is 80.5 cm³/mol. The molecular formula is C17H24N2O. The highest BCUT2D eigenvalue weighted by Gasteiger charge is 2.34. The van der Waals surface area contributed by atoms with Crippen molar-refractivity contribution in [2.75, 3.05) is 26.2 Å². The van der Waals surface area contributed by atoms with Crippen LogP contribution in [0.2, 0.25) is 0 Å². The summed E-state index contributed by atoms with van der Waals surface area (Å²) >= 11 is 0. The minimum absolute atomic E-state index is 0.197. The third-order valence-electron chi connectivity index (χ3n) is 4.91. The number of benzene rings is 1. The van der Waals surface area contributed by atoms with Crippen molar-refractivity contribution in [3.63, 3.8) is 0 Å². The van der Waals surface area contributed by atoms with Gasteiger partial charge in [0.2, 0.25) is 5.91 Å².